The summed E-state index contributed by atoms with van der Waals surface area (Å²) < 4.78 is 25.1. The van der Waals surface area contributed by atoms with E-state index < -0.39 is 17.6 Å². The van der Waals surface area contributed by atoms with Crippen molar-refractivity contribution in [2.75, 3.05) is 25.8 Å². The van der Waals surface area contributed by atoms with E-state index in [9.17, 15) is 14.0 Å². The number of carbonyl (C=O) groups excluding carboxylic acids is 2. The average Bonchev–Trinajstić information content (AvgIpc) is 3.33. The van der Waals surface area contributed by atoms with Crippen LogP contribution in [0, 0.1) is 12.7 Å². The zero-order valence-corrected chi connectivity index (χ0v) is 19.6. The molecular formula is C20H20FN3O4S3. The van der Waals surface area contributed by atoms with Crippen molar-refractivity contribution < 1.29 is 23.5 Å². The van der Waals surface area contributed by atoms with Crippen LogP contribution in [0.3, 0.4) is 0 Å². The fraction of sp³-hybridized carbons (Fsp3) is 0.250. The minimum absolute atomic E-state index is 0.0362. The van der Waals surface area contributed by atoms with Gasteiger partial charge in [-0.15, -0.1) is 11.3 Å². The highest BCUT2D eigenvalue weighted by Crippen LogP contribution is 2.32. The number of nitrogens with zero attached hydrogens (tertiary/aromatic N) is 1. The molecule has 1 aromatic carbocycles. The molecule has 0 aliphatic heterocycles. The molecule has 0 unspecified atom stereocenters. The van der Waals surface area contributed by atoms with E-state index in [0.29, 0.717) is 20.7 Å². The summed E-state index contributed by atoms with van der Waals surface area (Å²) in [4.78, 5) is 30.3. The van der Waals surface area contributed by atoms with E-state index in [1.807, 2.05) is 6.26 Å². The number of rotatable bonds is 8. The van der Waals surface area contributed by atoms with Crippen LogP contribution in [0.1, 0.15) is 30.6 Å². The monoisotopic (exact) mass is 481 g/mol. The predicted octanol–water partition coefficient (Wildman–Crippen LogP) is 4.57. The van der Waals surface area contributed by atoms with Crippen LogP contribution in [0.15, 0.2) is 28.6 Å². The molecule has 0 aliphatic rings. The molecule has 3 aromatic rings. The molecule has 11 heteroatoms. The highest BCUT2D eigenvalue weighted by atomic mass is 32.2. The normalized spacial score (nSPS) is 10.6. The zero-order chi connectivity index (χ0) is 22.5. The van der Waals surface area contributed by atoms with Gasteiger partial charge < -0.3 is 20.1 Å². The number of ether oxygens (including phenoxy) is 2. The molecule has 2 heterocycles. The van der Waals surface area contributed by atoms with E-state index in [2.05, 4.69) is 15.6 Å². The molecule has 0 radical (unpaired) electrons. The lowest BCUT2D eigenvalue weighted by Crippen LogP contribution is -2.25. The van der Waals surface area contributed by atoms with Crippen molar-refractivity contribution in [1.82, 2.24) is 10.3 Å². The molecule has 0 atom stereocenters. The van der Waals surface area contributed by atoms with Gasteiger partial charge in [-0.25, -0.2) is 9.37 Å². The number of amides is 2. The van der Waals surface area contributed by atoms with Crippen LogP contribution in [0.25, 0.3) is 0 Å². The molecule has 0 aliphatic carbocycles. The Labute approximate surface area is 191 Å². The van der Waals surface area contributed by atoms with Gasteiger partial charge in [-0.3, -0.25) is 9.59 Å². The summed E-state index contributed by atoms with van der Waals surface area (Å²) in [7, 11) is 3.09. The highest BCUT2D eigenvalue weighted by Gasteiger charge is 2.23. The van der Waals surface area contributed by atoms with Gasteiger partial charge in [0.2, 0.25) is 0 Å². The molecule has 164 valence electrons. The Balaban J connectivity index is 1.78. The largest absolute Gasteiger partial charge is 0.497 e. The van der Waals surface area contributed by atoms with Crippen molar-refractivity contribution >= 4 is 51.3 Å². The van der Waals surface area contributed by atoms with Gasteiger partial charge in [-0.2, -0.15) is 0 Å². The van der Waals surface area contributed by atoms with Crippen LogP contribution in [0.4, 0.5) is 9.39 Å². The quantitative estimate of drug-likeness (QED) is 0.458. The minimum Gasteiger partial charge on any atom is -0.497 e. The Bertz CT molecular complexity index is 1110. The number of nitrogens with one attached hydrogen (secondary N) is 2. The Hall–Kier alpha value is -2.63. The van der Waals surface area contributed by atoms with Crippen LogP contribution in [0.5, 0.6) is 11.5 Å². The van der Waals surface area contributed by atoms with Crippen molar-refractivity contribution in [3.05, 3.63) is 51.1 Å². The summed E-state index contributed by atoms with van der Waals surface area (Å²) in [5.74, 6) is -0.464. The highest BCUT2D eigenvalue weighted by molar-refractivity contribution is 8.00. The summed E-state index contributed by atoms with van der Waals surface area (Å²) in [6.45, 7) is 1.90. The van der Waals surface area contributed by atoms with Crippen LogP contribution >= 0.6 is 34.4 Å². The Morgan fingerprint density at radius 1 is 1.16 bits per heavy atom. The molecule has 0 spiro atoms. The molecular weight excluding hydrogens is 461 g/mol. The maximum atomic E-state index is 14.0. The van der Waals surface area contributed by atoms with E-state index in [-0.39, 0.29) is 22.1 Å². The first-order valence-corrected chi connectivity index (χ1v) is 11.8. The number of carbonyl (C=O) groups is 2. The van der Waals surface area contributed by atoms with E-state index >= 15 is 0 Å². The molecule has 2 amide bonds. The second-order valence-electron chi connectivity index (χ2n) is 6.21. The van der Waals surface area contributed by atoms with Crippen LogP contribution in [0.2, 0.25) is 0 Å². The van der Waals surface area contributed by atoms with Gasteiger partial charge in [-0.1, -0.05) is 23.1 Å². The van der Waals surface area contributed by atoms with E-state index in [0.717, 1.165) is 28.2 Å². The lowest BCUT2D eigenvalue weighted by Gasteiger charge is -2.11. The number of thioether (sulfide) groups is 1. The third-order valence-electron chi connectivity index (χ3n) is 4.17. The number of anilines is 1. The van der Waals surface area contributed by atoms with E-state index in [4.69, 9.17) is 9.47 Å². The fourth-order valence-corrected chi connectivity index (χ4v) is 4.92. The first-order chi connectivity index (χ1) is 14.9. The topological polar surface area (TPSA) is 89.5 Å². The number of thiophene rings is 1. The first-order valence-electron chi connectivity index (χ1n) is 8.97. The minimum atomic E-state index is -0.613. The molecule has 2 N–H and O–H groups in total. The van der Waals surface area contributed by atoms with Crippen molar-refractivity contribution in [3.63, 3.8) is 0 Å². The summed E-state index contributed by atoms with van der Waals surface area (Å²) >= 11 is 3.55. The summed E-state index contributed by atoms with van der Waals surface area (Å²) in [5, 5.41) is 5.67. The van der Waals surface area contributed by atoms with Gasteiger partial charge in [0.15, 0.2) is 10.0 Å². The number of methoxy groups -OCH3 is 2. The summed E-state index contributed by atoms with van der Waals surface area (Å²) in [6.07, 6.45) is 1.82. The van der Waals surface area contributed by atoms with Gasteiger partial charge in [0, 0.05) is 23.1 Å². The van der Waals surface area contributed by atoms with Gasteiger partial charge in [-0.05, 0) is 31.4 Å². The Morgan fingerprint density at radius 2 is 1.94 bits per heavy atom. The number of hydrogen-bond acceptors (Lipinski definition) is 8. The summed E-state index contributed by atoms with van der Waals surface area (Å²) in [6, 6.07) is 6.58. The molecule has 0 bridgehead atoms. The van der Waals surface area contributed by atoms with Gasteiger partial charge in [0.05, 0.1) is 14.2 Å². The van der Waals surface area contributed by atoms with E-state index in [1.54, 1.807) is 32.2 Å². The van der Waals surface area contributed by atoms with E-state index in [1.165, 1.54) is 24.9 Å². The maximum Gasteiger partial charge on any atom is 0.273 e. The molecule has 0 saturated heterocycles. The molecule has 2 aromatic heterocycles. The third kappa shape index (κ3) is 5.35. The van der Waals surface area contributed by atoms with Gasteiger partial charge in [0.1, 0.15) is 27.2 Å². The number of benzene rings is 1. The van der Waals surface area contributed by atoms with Crippen molar-refractivity contribution in [3.8, 4) is 11.5 Å². The van der Waals surface area contributed by atoms with Crippen LogP contribution in [-0.4, -0.2) is 37.3 Å². The molecule has 31 heavy (non-hydrogen) atoms. The standard InChI is InChI=1S/C20H20FN3O4S3/c1-10-7-13(21)16(30-10)18(26)24-19-15(23-20(29-4)31-19)17(25)22-9-11-5-6-12(27-2)8-14(11)28-3/h5-8H,9H2,1-4H3,(H,22,25)(H,24,26). The number of thiazole rings is 1. The number of aromatic nitrogens is 1. The summed E-state index contributed by atoms with van der Waals surface area (Å²) in [5.41, 5.74) is 0.822. The van der Waals surface area contributed by atoms with Gasteiger partial charge in [0.25, 0.3) is 11.8 Å². The second-order valence-corrected chi connectivity index (χ2v) is 9.52. The fourth-order valence-electron chi connectivity index (χ4n) is 2.68. The number of halogens is 1. The SMILES string of the molecule is COc1ccc(CNC(=O)c2nc(SC)sc2NC(=O)c2sc(C)cc2F)c(OC)c1. The molecule has 0 fully saturated rings. The maximum absolute atomic E-state index is 14.0. The smallest absolute Gasteiger partial charge is 0.273 e. The van der Waals surface area contributed by atoms with Crippen LogP contribution in [-0.2, 0) is 6.54 Å². The van der Waals surface area contributed by atoms with Crippen LogP contribution < -0.4 is 20.1 Å². The second kappa shape index (κ2) is 10.1. The third-order valence-corrected chi connectivity index (χ3v) is 7.15. The lowest BCUT2D eigenvalue weighted by molar-refractivity contribution is 0.0947. The average molecular weight is 482 g/mol. The van der Waals surface area contributed by atoms with Crippen molar-refractivity contribution in [1.29, 1.82) is 0 Å². The Kier molecular flexibility index (Phi) is 7.52. The number of aryl methyl sites for hydroxylation is 1. The van der Waals surface area contributed by atoms with Gasteiger partial charge >= 0.3 is 0 Å². The lowest BCUT2D eigenvalue weighted by atomic mass is 10.2. The zero-order valence-electron chi connectivity index (χ0n) is 17.2. The molecule has 7 nitrogen and oxygen atoms in total. The molecule has 0 saturated carbocycles. The van der Waals surface area contributed by atoms with Crippen molar-refractivity contribution in [2.24, 2.45) is 0 Å². The predicted molar refractivity (Wildman–Crippen MR) is 122 cm³/mol. The number of hydrogen-bond donors (Lipinski definition) is 2. The Morgan fingerprint density at radius 3 is 2.55 bits per heavy atom. The molecule has 3 rings (SSSR count). The first kappa shape index (κ1) is 23.0. The van der Waals surface area contributed by atoms with Crippen molar-refractivity contribution in [2.45, 2.75) is 17.8 Å².